The summed E-state index contributed by atoms with van der Waals surface area (Å²) in [5.74, 6) is 0. The van der Waals surface area contributed by atoms with E-state index in [1.54, 1.807) is 0 Å². The van der Waals surface area contributed by atoms with E-state index in [-0.39, 0.29) is 0 Å². The van der Waals surface area contributed by atoms with Gasteiger partial charge in [0.1, 0.15) is 0 Å². The topological polar surface area (TPSA) is 32.8 Å². The zero-order chi connectivity index (χ0) is 13.1. The van der Waals surface area contributed by atoms with Gasteiger partial charge in [-0.25, -0.2) is 0 Å². The Morgan fingerprint density at radius 3 is 1.67 bits per heavy atom. The molecule has 0 spiro atoms. The molecule has 0 aliphatic carbocycles. The Labute approximate surface area is 113 Å². The third kappa shape index (κ3) is 8.10. The lowest BCUT2D eigenvalue weighted by atomic mass is 10.0. The van der Waals surface area contributed by atoms with Gasteiger partial charge in [0.25, 0.3) is 0 Å². The van der Waals surface area contributed by atoms with Crippen LogP contribution in [0, 0.1) is 0 Å². The molecule has 0 aromatic rings. The third-order valence-electron chi connectivity index (χ3n) is 3.99. The Hall–Kier alpha value is -0.0800. The van der Waals surface area contributed by atoms with E-state index < -0.39 is 0 Å². The van der Waals surface area contributed by atoms with Gasteiger partial charge in [0.2, 0.25) is 0 Å². The molecule has 1 rings (SSSR count). The Morgan fingerprint density at radius 1 is 0.722 bits per heavy atom. The summed E-state index contributed by atoms with van der Waals surface area (Å²) in [7, 11) is 0. The van der Waals surface area contributed by atoms with Crippen molar-refractivity contribution >= 4 is 0 Å². The Kier molecular flexibility index (Phi) is 9.59. The lowest BCUT2D eigenvalue weighted by Gasteiger charge is -2.02. The SMILES string of the molecule is CCC1OC1CCCCCCCCCCCCO. The smallest absolute Gasteiger partial charge is 0.0841 e. The van der Waals surface area contributed by atoms with Crippen LogP contribution >= 0.6 is 0 Å². The number of hydrogen-bond donors (Lipinski definition) is 1. The number of rotatable bonds is 13. The van der Waals surface area contributed by atoms with Gasteiger partial charge in [-0.3, -0.25) is 0 Å². The molecule has 18 heavy (non-hydrogen) atoms. The van der Waals surface area contributed by atoms with Crippen molar-refractivity contribution in [2.24, 2.45) is 0 Å². The van der Waals surface area contributed by atoms with Crippen LogP contribution in [0.4, 0.5) is 0 Å². The molecular formula is C16H32O2. The molecule has 1 fully saturated rings. The van der Waals surface area contributed by atoms with E-state index in [0.717, 1.165) is 6.42 Å². The minimum atomic E-state index is 0.365. The van der Waals surface area contributed by atoms with Gasteiger partial charge in [-0.15, -0.1) is 0 Å². The lowest BCUT2D eigenvalue weighted by molar-refractivity contribution is 0.282. The number of hydrogen-bond acceptors (Lipinski definition) is 2. The van der Waals surface area contributed by atoms with Crippen LogP contribution in [-0.2, 0) is 4.74 Å². The molecule has 2 atom stereocenters. The molecule has 0 bridgehead atoms. The quantitative estimate of drug-likeness (QED) is 0.390. The molecule has 1 saturated heterocycles. The normalized spacial score (nSPS) is 22.3. The molecule has 2 unspecified atom stereocenters. The average Bonchev–Trinajstić information content (AvgIpc) is 3.14. The van der Waals surface area contributed by atoms with Crippen LogP contribution in [0.2, 0.25) is 0 Å². The van der Waals surface area contributed by atoms with Crippen molar-refractivity contribution in [1.29, 1.82) is 0 Å². The van der Waals surface area contributed by atoms with Crippen molar-refractivity contribution in [3.63, 3.8) is 0 Å². The maximum absolute atomic E-state index is 8.66. The fraction of sp³-hybridized carbons (Fsp3) is 1.00. The van der Waals surface area contributed by atoms with E-state index in [1.807, 2.05) is 0 Å². The van der Waals surface area contributed by atoms with Gasteiger partial charge in [-0.2, -0.15) is 0 Å². The highest BCUT2D eigenvalue weighted by atomic mass is 16.6. The largest absolute Gasteiger partial charge is 0.396 e. The molecule has 1 aliphatic rings. The first-order chi connectivity index (χ1) is 8.88. The zero-order valence-corrected chi connectivity index (χ0v) is 12.2. The molecule has 1 heterocycles. The fourth-order valence-corrected chi connectivity index (χ4v) is 2.66. The van der Waals surface area contributed by atoms with Gasteiger partial charge in [0.15, 0.2) is 0 Å². The molecule has 0 amide bonds. The summed E-state index contributed by atoms with van der Waals surface area (Å²) in [6.45, 7) is 2.58. The highest BCUT2D eigenvalue weighted by Gasteiger charge is 2.35. The second-order valence-electron chi connectivity index (χ2n) is 5.67. The van der Waals surface area contributed by atoms with E-state index in [9.17, 15) is 0 Å². The van der Waals surface area contributed by atoms with Crippen molar-refractivity contribution < 1.29 is 9.84 Å². The van der Waals surface area contributed by atoms with E-state index in [1.165, 1.54) is 70.6 Å². The first-order valence-corrected chi connectivity index (χ1v) is 8.14. The number of ether oxygens (including phenoxy) is 1. The van der Waals surface area contributed by atoms with Gasteiger partial charge >= 0.3 is 0 Å². The second-order valence-corrected chi connectivity index (χ2v) is 5.67. The molecule has 1 N–H and O–H groups in total. The van der Waals surface area contributed by atoms with E-state index in [2.05, 4.69) is 6.92 Å². The predicted octanol–water partition coefficient (Wildman–Crippen LogP) is 4.45. The van der Waals surface area contributed by atoms with Crippen molar-refractivity contribution in [2.75, 3.05) is 6.61 Å². The second kappa shape index (κ2) is 10.8. The Balaban J connectivity index is 1.66. The van der Waals surface area contributed by atoms with E-state index in [4.69, 9.17) is 9.84 Å². The highest BCUT2D eigenvalue weighted by Crippen LogP contribution is 2.29. The van der Waals surface area contributed by atoms with E-state index >= 15 is 0 Å². The molecule has 0 saturated carbocycles. The van der Waals surface area contributed by atoms with Crippen molar-refractivity contribution in [1.82, 2.24) is 0 Å². The highest BCUT2D eigenvalue weighted by molar-refractivity contribution is 4.82. The standard InChI is InChI=1S/C16H32O2/c1-2-15-16(18-15)13-11-9-7-5-3-4-6-8-10-12-14-17/h15-17H,2-14H2,1H3. The summed E-state index contributed by atoms with van der Waals surface area (Å²) in [6, 6.07) is 0. The summed E-state index contributed by atoms with van der Waals surface area (Å²) >= 11 is 0. The maximum Gasteiger partial charge on any atom is 0.0841 e. The van der Waals surface area contributed by atoms with Gasteiger partial charge in [-0.05, 0) is 19.3 Å². The third-order valence-corrected chi connectivity index (χ3v) is 3.99. The van der Waals surface area contributed by atoms with Crippen LogP contribution in [0.25, 0.3) is 0 Å². The predicted molar refractivity (Wildman–Crippen MR) is 76.8 cm³/mol. The molecule has 2 heteroatoms. The van der Waals surface area contributed by atoms with Gasteiger partial charge in [0.05, 0.1) is 12.2 Å². The average molecular weight is 256 g/mol. The summed E-state index contributed by atoms with van der Waals surface area (Å²) in [5, 5.41) is 8.66. The molecule has 0 aromatic carbocycles. The van der Waals surface area contributed by atoms with Crippen molar-refractivity contribution in [3.8, 4) is 0 Å². The number of aliphatic hydroxyl groups is 1. The number of aliphatic hydroxyl groups excluding tert-OH is 1. The minimum absolute atomic E-state index is 0.365. The summed E-state index contributed by atoms with van der Waals surface area (Å²) in [5.41, 5.74) is 0. The Bertz CT molecular complexity index is 182. The van der Waals surface area contributed by atoms with Crippen molar-refractivity contribution in [2.45, 2.75) is 96.2 Å². The molecule has 1 aliphatic heterocycles. The lowest BCUT2D eigenvalue weighted by Crippen LogP contribution is -1.92. The zero-order valence-electron chi connectivity index (χ0n) is 12.2. The van der Waals surface area contributed by atoms with Crippen LogP contribution < -0.4 is 0 Å². The summed E-state index contributed by atoms with van der Waals surface area (Å²) in [4.78, 5) is 0. The molecule has 2 nitrogen and oxygen atoms in total. The Morgan fingerprint density at radius 2 is 1.22 bits per heavy atom. The number of unbranched alkanes of at least 4 members (excludes halogenated alkanes) is 9. The molecule has 0 radical (unpaired) electrons. The first kappa shape index (κ1) is 16.0. The van der Waals surface area contributed by atoms with Crippen LogP contribution in [0.3, 0.4) is 0 Å². The van der Waals surface area contributed by atoms with Crippen LogP contribution in [0.1, 0.15) is 84.0 Å². The van der Waals surface area contributed by atoms with Crippen LogP contribution in [-0.4, -0.2) is 23.9 Å². The van der Waals surface area contributed by atoms with Crippen LogP contribution in [0.15, 0.2) is 0 Å². The maximum atomic E-state index is 8.66. The number of epoxide rings is 1. The minimum Gasteiger partial charge on any atom is -0.396 e. The van der Waals surface area contributed by atoms with Crippen LogP contribution in [0.5, 0.6) is 0 Å². The molecular weight excluding hydrogens is 224 g/mol. The summed E-state index contributed by atoms with van der Waals surface area (Å²) in [6.07, 6.45) is 16.9. The van der Waals surface area contributed by atoms with Crippen molar-refractivity contribution in [3.05, 3.63) is 0 Å². The van der Waals surface area contributed by atoms with E-state index in [0.29, 0.717) is 18.8 Å². The van der Waals surface area contributed by atoms with Gasteiger partial charge < -0.3 is 9.84 Å². The van der Waals surface area contributed by atoms with Gasteiger partial charge in [0, 0.05) is 6.61 Å². The van der Waals surface area contributed by atoms with Gasteiger partial charge in [-0.1, -0.05) is 64.7 Å². The fourth-order valence-electron chi connectivity index (χ4n) is 2.66. The first-order valence-electron chi connectivity index (χ1n) is 8.14. The molecule has 108 valence electrons. The molecule has 0 aromatic heterocycles. The monoisotopic (exact) mass is 256 g/mol. The summed E-state index contributed by atoms with van der Waals surface area (Å²) < 4.78 is 5.54.